The molecule has 0 aromatic carbocycles. The molecule has 1 amide bonds. The third kappa shape index (κ3) is 3.94. The first-order chi connectivity index (χ1) is 8.04. The number of carbonyl (C=O) groups excluding carboxylic acids is 1. The van der Waals surface area contributed by atoms with Gasteiger partial charge in [0, 0.05) is 6.54 Å². The van der Waals surface area contributed by atoms with Crippen LogP contribution >= 0.6 is 0 Å². The second kappa shape index (κ2) is 6.08. The summed E-state index contributed by atoms with van der Waals surface area (Å²) >= 11 is 0. The maximum Gasteiger partial charge on any atom is 0.242 e. The van der Waals surface area contributed by atoms with E-state index in [-0.39, 0.29) is 11.9 Å². The van der Waals surface area contributed by atoms with E-state index < -0.39 is 0 Å². The molecule has 17 heavy (non-hydrogen) atoms. The fourth-order valence-electron chi connectivity index (χ4n) is 1.34. The minimum Gasteiger partial charge on any atom is -0.397 e. The standard InChI is InChI=1S/C12H20N4O/c1-4-7-14-12(17)9(3)16-11-6-5-10(13)8(2)15-11/h5-6,9H,4,7,13H2,1-3H3,(H,14,17)(H,15,16). The summed E-state index contributed by atoms with van der Waals surface area (Å²) in [6.45, 7) is 6.35. The van der Waals surface area contributed by atoms with Crippen LogP contribution in [0, 0.1) is 6.92 Å². The Hall–Kier alpha value is -1.78. The van der Waals surface area contributed by atoms with E-state index in [0.717, 1.165) is 12.1 Å². The minimum absolute atomic E-state index is 0.0249. The number of hydrogen-bond acceptors (Lipinski definition) is 4. The largest absolute Gasteiger partial charge is 0.397 e. The van der Waals surface area contributed by atoms with E-state index in [1.807, 2.05) is 13.8 Å². The molecule has 5 heteroatoms. The van der Waals surface area contributed by atoms with Crippen molar-refractivity contribution in [3.8, 4) is 0 Å². The van der Waals surface area contributed by atoms with Gasteiger partial charge in [-0.05, 0) is 32.4 Å². The van der Waals surface area contributed by atoms with E-state index in [0.29, 0.717) is 18.1 Å². The molecule has 0 fully saturated rings. The predicted octanol–water partition coefficient (Wildman–Crippen LogP) is 1.30. The van der Waals surface area contributed by atoms with E-state index in [1.165, 1.54) is 0 Å². The lowest BCUT2D eigenvalue weighted by Gasteiger charge is -2.14. The van der Waals surface area contributed by atoms with Gasteiger partial charge in [0.25, 0.3) is 0 Å². The molecule has 0 aliphatic heterocycles. The zero-order valence-corrected chi connectivity index (χ0v) is 10.6. The van der Waals surface area contributed by atoms with Gasteiger partial charge in [-0.1, -0.05) is 6.92 Å². The number of nitrogen functional groups attached to an aromatic ring is 1. The minimum atomic E-state index is -0.308. The molecule has 0 saturated heterocycles. The molecular formula is C12H20N4O. The molecule has 1 aromatic rings. The van der Waals surface area contributed by atoms with Crippen molar-refractivity contribution in [2.24, 2.45) is 0 Å². The van der Waals surface area contributed by atoms with Crippen molar-refractivity contribution >= 4 is 17.4 Å². The number of nitrogens with zero attached hydrogens (tertiary/aromatic N) is 1. The molecule has 0 radical (unpaired) electrons. The first-order valence-corrected chi connectivity index (χ1v) is 5.82. The van der Waals surface area contributed by atoms with Crippen molar-refractivity contribution in [1.29, 1.82) is 0 Å². The molecule has 1 heterocycles. The van der Waals surface area contributed by atoms with Gasteiger partial charge in [0.1, 0.15) is 11.9 Å². The number of aryl methyl sites for hydroxylation is 1. The molecule has 0 spiro atoms. The van der Waals surface area contributed by atoms with Crippen molar-refractivity contribution < 1.29 is 4.79 Å². The summed E-state index contributed by atoms with van der Waals surface area (Å²) in [6, 6.07) is 3.24. The average Bonchev–Trinajstić information content (AvgIpc) is 2.30. The molecule has 4 N–H and O–H groups in total. The molecule has 0 bridgehead atoms. The lowest BCUT2D eigenvalue weighted by atomic mass is 10.2. The number of hydrogen-bond donors (Lipinski definition) is 3. The van der Waals surface area contributed by atoms with Gasteiger partial charge in [-0.3, -0.25) is 4.79 Å². The molecule has 0 saturated carbocycles. The molecule has 1 unspecified atom stereocenters. The maximum atomic E-state index is 11.6. The van der Waals surface area contributed by atoms with E-state index in [4.69, 9.17) is 5.73 Å². The van der Waals surface area contributed by atoms with Gasteiger partial charge in [0.05, 0.1) is 11.4 Å². The molecule has 0 aliphatic carbocycles. The highest BCUT2D eigenvalue weighted by atomic mass is 16.2. The monoisotopic (exact) mass is 236 g/mol. The Balaban J connectivity index is 2.58. The van der Waals surface area contributed by atoms with Crippen molar-refractivity contribution in [2.45, 2.75) is 33.2 Å². The van der Waals surface area contributed by atoms with Crippen LogP contribution in [0.15, 0.2) is 12.1 Å². The van der Waals surface area contributed by atoms with Gasteiger partial charge >= 0.3 is 0 Å². The highest BCUT2D eigenvalue weighted by Gasteiger charge is 2.12. The van der Waals surface area contributed by atoms with Crippen molar-refractivity contribution in [3.05, 3.63) is 17.8 Å². The van der Waals surface area contributed by atoms with Crippen molar-refractivity contribution in [3.63, 3.8) is 0 Å². The second-order valence-corrected chi connectivity index (χ2v) is 4.03. The Labute approximate surface area is 102 Å². The number of carbonyl (C=O) groups is 1. The predicted molar refractivity (Wildman–Crippen MR) is 69.8 cm³/mol. The van der Waals surface area contributed by atoms with Gasteiger partial charge in [-0.15, -0.1) is 0 Å². The Morgan fingerprint density at radius 2 is 2.24 bits per heavy atom. The highest BCUT2D eigenvalue weighted by molar-refractivity contribution is 5.83. The number of nitrogens with two attached hydrogens (primary N) is 1. The second-order valence-electron chi connectivity index (χ2n) is 4.03. The summed E-state index contributed by atoms with van der Waals surface area (Å²) in [5.74, 6) is 0.638. The van der Waals surface area contributed by atoms with Crippen LogP contribution in [-0.4, -0.2) is 23.5 Å². The topological polar surface area (TPSA) is 80.0 Å². The van der Waals surface area contributed by atoms with E-state index >= 15 is 0 Å². The van der Waals surface area contributed by atoms with Crippen LogP contribution in [0.1, 0.15) is 26.0 Å². The zero-order chi connectivity index (χ0) is 12.8. The molecule has 5 nitrogen and oxygen atoms in total. The highest BCUT2D eigenvalue weighted by Crippen LogP contribution is 2.12. The summed E-state index contributed by atoms with van der Waals surface area (Å²) in [5, 5.41) is 5.86. The van der Waals surface area contributed by atoms with Crippen LogP contribution in [0.5, 0.6) is 0 Å². The normalized spacial score (nSPS) is 11.9. The molecule has 94 valence electrons. The first kappa shape index (κ1) is 13.3. The van der Waals surface area contributed by atoms with Crippen LogP contribution < -0.4 is 16.4 Å². The summed E-state index contributed by atoms with van der Waals surface area (Å²) in [4.78, 5) is 15.9. The van der Waals surface area contributed by atoms with Gasteiger partial charge in [0.2, 0.25) is 5.91 Å². The summed E-state index contributed by atoms with van der Waals surface area (Å²) in [7, 11) is 0. The summed E-state index contributed by atoms with van der Waals surface area (Å²) in [6.07, 6.45) is 0.928. The smallest absolute Gasteiger partial charge is 0.242 e. The summed E-state index contributed by atoms with van der Waals surface area (Å²) < 4.78 is 0. The Morgan fingerprint density at radius 1 is 1.53 bits per heavy atom. The Bertz CT molecular complexity index is 392. The van der Waals surface area contributed by atoms with Crippen LogP contribution in [0.4, 0.5) is 11.5 Å². The number of nitrogens with one attached hydrogen (secondary N) is 2. The Kier molecular flexibility index (Phi) is 4.75. The van der Waals surface area contributed by atoms with Crippen LogP contribution in [0.25, 0.3) is 0 Å². The number of pyridine rings is 1. The lowest BCUT2D eigenvalue weighted by Crippen LogP contribution is -2.38. The number of amides is 1. The van der Waals surface area contributed by atoms with E-state index in [1.54, 1.807) is 19.1 Å². The average molecular weight is 236 g/mol. The zero-order valence-electron chi connectivity index (χ0n) is 10.6. The molecule has 1 rings (SSSR count). The van der Waals surface area contributed by atoms with Gasteiger partial charge in [-0.2, -0.15) is 0 Å². The third-order valence-electron chi connectivity index (χ3n) is 2.43. The van der Waals surface area contributed by atoms with Crippen molar-refractivity contribution in [2.75, 3.05) is 17.6 Å². The first-order valence-electron chi connectivity index (χ1n) is 5.82. The van der Waals surface area contributed by atoms with Gasteiger partial charge in [-0.25, -0.2) is 4.98 Å². The number of rotatable bonds is 5. The van der Waals surface area contributed by atoms with E-state index in [9.17, 15) is 4.79 Å². The molecule has 0 aliphatic rings. The number of anilines is 2. The molecule has 1 atom stereocenters. The molecule has 1 aromatic heterocycles. The summed E-state index contributed by atoms with van der Waals surface area (Å²) in [5.41, 5.74) is 7.09. The fourth-order valence-corrected chi connectivity index (χ4v) is 1.34. The third-order valence-corrected chi connectivity index (χ3v) is 2.43. The van der Waals surface area contributed by atoms with Gasteiger partial charge in [0.15, 0.2) is 0 Å². The fraction of sp³-hybridized carbons (Fsp3) is 0.500. The molecular weight excluding hydrogens is 216 g/mol. The quantitative estimate of drug-likeness (QED) is 0.720. The SMILES string of the molecule is CCCNC(=O)C(C)Nc1ccc(N)c(C)n1. The van der Waals surface area contributed by atoms with Crippen LogP contribution in [0.2, 0.25) is 0 Å². The van der Waals surface area contributed by atoms with Crippen LogP contribution in [-0.2, 0) is 4.79 Å². The van der Waals surface area contributed by atoms with Crippen LogP contribution in [0.3, 0.4) is 0 Å². The van der Waals surface area contributed by atoms with Crippen molar-refractivity contribution in [1.82, 2.24) is 10.3 Å². The van der Waals surface area contributed by atoms with E-state index in [2.05, 4.69) is 15.6 Å². The van der Waals surface area contributed by atoms with Gasteiger partial charge < -0.3 is 16.4 Å². The lowest BCUT2D eigenvalue weighted by molar-refractivity contribution is -0.121. The Morgan fingerprint density at radius 3 is 2.82 bits per heavy atom. The maximum absolute atomic E-state index is 11.6. The number of aromatic nitrogens is 1.